The lowest BCUT2D eigenvalue weighted by Gasteiger charge is -2.22. The molecule has 0 spiro atoms. The van der Waals surface area contributed by atoms with Gasteiger partial charge in [0.15, 0.2) is 5.85 Å². The normalized spacial score (nSPS) is 13.9. The summed E-state index contributed by atoms with van der Waals surface area (Å²) in [4.78, 5) is 3.99. The van der Waals surface area contributed by atoms with Crippen LogP contribution >= 0.6 is 6.49 Å². The minimum Gasteiger partial charge on any atom is -0.377 e. The summed E-state index contributed by atoms with van der Waals surface area (Å²) in [5, 5.41) is 9.87. The Labute approximate surface area is 88.1 Å². The number of rotatable bonds is 4. The molecule has 1 unspecified atom stereocenters. The van der Waals surface area contributed by atoms with Crippen molar-refractivity contribution < 1.29 is 14.2 Å². The van der Waals surface area contributed by atoms with E-state index in [9.17, 15) is 5.11 Å². The smallest absolute Gasteiger partial charge is 0.223 e. The third kappa shape index (κ3) is 2.38. The Morgan fingerprint density at radius 3 is 2.50 bits per heavy atom. The van der Waals surface area contributed by atoms with Gasteiger partial charge in [-0.1, -0.05) is 6.07 Å². The van der Waals surface area contributed by atoms with E-state index in [1.165, 1.54) is 14.2 Å². The lowest BCUT2D eigenvalue weighted by Crippen LogP contribution is -2.03. The first-order chi connectivity index (χ1) is 6.64. The van der Waals surface area contributed by atoms with Gasteiger partial charge in [0.25, 0.3) is 0 Å². The second-order valence-corrected chi connectivity index (χ2v) is 6.36. The largest absolute Gasteiger partial charge is 0.377 e. The van der Waals surface area contributed by atoms with Gasteiger partial charge in [-0.25, -0.2) is 0 Å². The molecule has 1 rings (SSSR count). The fraction of sp³-hybridized carbons (Fsp3) is 0.375. The summed E-state index contributed by atoms with van der Waals surface area (Å²) >= 11 is 5.09. The van der Waals surface area contributed by atoms with Crippen LogP contribution in [-0.4, -0.2) is 24.3 Å². The van der Waals surface area contributed by atoms with Crippen molar-refractivity contribution in [2.45, 2.75) is 5.85 Å². The van der Waals surface area contributed by atoms with Gasteiger partial charge in [-0.3, -0.25) is 4.98 Å². The standard InChI is InChI=1S/C8H12NO3PS/c1-11-13(14,12-2)8(10)7-5-3-4-6-9-7/h3-6,8,10H,1-2H3. The van der Waals surface area contributed by atoms with Crippen LogP contribution in [0.5, 0.6) is 0 Å². The molecule has 78 valence electrons. The third-order valence-corrected chi connectivity index (χ3v) is 5.14. The topological polar surface area (TPSA) is 51.6 Å². The first-order valence-electron chi connectivity index (χ1n) is 3.94. The molecular weight excluding hydrogens is 221 g/mol. The molecule has 0 aromatic carbocycles. The maximum absolute atomic E-state index is 9.87. The highest BCUT2D eigenvalue weighted by atomic mass is 32.5. The van der Waals surface area contributed by atoms with E-state index in [1.807, 2.05) is 0 Å². The van der Waals surface area contributed by atoms with E-state index < -0.39 is 12.3 Å². The molecule has 14 heavy (non-hydrogen) atoms. The van der Waals surface area contributed by atoms with Crippen LogP contribution in [0.1, 0.15) is 11.5 Å². The van der Waals surface area contributed by atoms with Crippen LogP contribution in [0.15, 0.2) is 24.4 Å². The number of hydrogen-bond donors (Lipinski definition) is 1. The second-order valence-electron chi connectivity index (χ2n) is 2.53. The molecule has 1 aromatic heterocycles. The van der Waals surface area contributed by atoms with Crippen LogP contribution in [0.25, 0.3) is 0 Å². The van der Waals surface area contributed by atoms with Crippen molar-refractivity contribution in [3.8, 4) is 0 Å². The molecule has 1 atom stereocenters. The first-order valence-corrected chi connectivity index (χ1v) is 6.65. The molecule has 0 aliphatic rings. The quantitative estimate of drug-likeness (QED) is 0.802. The van der Waals surface area contributed by atoms with Crippen LogP contribution in [0.2, 0.25) is 0 Å². The fourth-order valence-corrected chi connectivity index (χ4v) is 2.31. The van der Waals surface area contributed by atoms with Gasteiger partial charge in [0.1, 0.15) is 0 Å². The number of hydrogen-bond acceptors (Lipinski definition) is 5. The van der Waals surface area contributed by atoms with Crippen LogP contribution in [0.4, 0.5) is 0 Å². The predicted octanol–water partition coefficient (Wildman–Crippen LogP) is 1.67. The highest BCUT2D eigenvalue weighted by Crippen LogP contribution is 2.58. The summed E-state index contributed by atoms with van der Waals surface area (Å²) in [6.07, 6.45) is 1.59. The SMILES string of the molecule is COP(=S)(OC)C(O)c1ccccn1. The maximum Gasteiger partial charge on any atom is 0.223 e. The van der Waals surface area contributed by atoms with Crippen molar-refractivity contribution in [3.05, 3.63) is 30.1 Å². The van der Waals surface area contributed by atoms with Crippen molar-refractivity contribution >= 4 is 18.3 Å². The molecule has 0 fully saturated rings. The van der Waals surface area contributed by atoms with Crippen molar-refractivity contribution in [2.75, 3.05) is 14.2 Å². The van der Waals surface area contributed by atoms with Crippen LogP contribution in [-0.2, 0) is 20.9 Å². The van der Waals surface area contributed by atoms with E-state index in [0.29, 0.717) is 5.69 Å². The van der Waals surface area contributed by atoms with E-state index in [0.717, 1.165) is 0 Å². The zero-order chi connectivity index (χ0) is 10.6. The summed E-state index contributed by atoms with van der Waals surface area (Å²) in [7, 11) is 2.85. The Morgan fingerprint density at radius 1 is 1.43 bits per heavy atom. The summed E-state index contributed by atoms with van der Waals surface area (Å²) in [6.45, 7) is -2.67. The molecule has 6 heteroatoms. The zero-order valence-electron chi connectivity index (χ0n) is 7.95. The van der Waals surface area contributed by atoms with Crippen molar-refractivity contribution in [2.24, 2.45) is 0 Å². The summed E-state index contributed by atoms with van der Waals surface area (Å²) < 4.78 is 10.0. The van der Waals surface area contributed by atoms with Gasteiger partial charge in [-0.15, -0.1) is 0 Å². The van der Waals surface area contributed by atoms with Crippen LogP contribution in [0, 0.1) is 0 Å². The lowest BCUT2D eigenvalue weighted by atomic mass is 10.4. The van der Waals surface area contributed by atoms with E-state index in [4.69, 9.17) is 20.9 Å². The molecule has 1 heterocycles. The average Bonchev–Trinajstić information content (AvgIpc) is 2.28. The Kier molecular flexibility index (Phi) is 4.16. The fourth-order valence-electron chi connectivity index (χ4n) is 0.965. The number of pyridine rings is 1. The monoisotopic (exact) mass is 233 g/mol. The Balaban J connectivity index is 2.95. The molecule has 1 aromatic rings. The highest BCUT2D eigenvalue weighted by Gasteiger charge is 2.29. The molecule has 0 bridgehead atoms. The Bertz CT molecular complexity index is 325. The number of aromatic nitrogens is 1. The molecule has 0 radical (unpaired) electrons. The predicted molar refractivity (Wildman–Crippen MR) is 57.5 cm³/mol. The van der Waals surface area contributed by atoms with Gasteiger partial charge >= 0.3 is 0 Å². The van der Waals surface area contributed by atoms with E-state index in [2.05, 4.69) is 4.98 Å². The van der Waals surface area contributed by atoms with Crippen molar-refractivity contribution in [1.29, 1.82) is 0 Å². The van der Waals surface area contributed by atoms with Crippen LogP contribution in [0.3, 0.4) is 0 Å². The average molecular weight is 233 g/mol. The van der Waals surface area contributed by atoms with E-state index in [-0.39, 0.29) is 0 Å². The highest BCUT2D eigenvalue weighted by molar-refractivity contribution is 8.09. The molecule has 0 aliphatic carbocycles. The van der Waals surface area contributed by atoms with Gasteiger partial charge in [0, 0.05) is 20.4 Å². The maximum atomic E-state index is 9.87. The van der Waals surface area contributed by atoms with Gasteiger partial charge in [0.2, 0.25) is 6.49 Å². The molecule has 1 N–H and O–H groups in total. The van der Waals surface area contributed by atoms with Gasteiger partial charge in [-0.05, 0) is 23.9 Å². The van der Waals surface area contributed by atoms with Crippen molar-refractivity contribution in [3.63, 3.8) is 0 Å². The summed E-state index contributed by atoms with van der Waals surface area (Å²) in [5.74, 6) is -0.978. The minimum atomic E-state index is -2.67. The Morgan fingerprint density at radius 2 is 2.07 bits per heavy atom. The first kappa shape index (κ1) is 11.8. The summed E-state index contributed by atoms with van der Waals surface area (Å²) in [6, 6.07) is 5.22. The number of aliphatic hydroxyl groups excluding tert-OH is 1. The number of aliphatic hydroxyl groups is 1. The molecule has 4 nitrogen and oxygen atoms in total. The molecule has 0 aliphatic heterocycles. The zero-order valence-corrected chi connectivity index (χ0v) is 9.66. The van der Waals surface area contributed by atoms with Gasteiger partial charge in [0.05, 0.1) is 5.69 Å². The van der Waals surface area contributed by atoms with Crippen LogP contribution < -0.4 is 0 Å². The lowest BCUT2D eigenvalue weighted by molar-refractivity contribution is 0.205. The molecule has 0 saturated heterocycles. The van der Waals surface area contributed by atoms with Gasteiger partial charge < -0.3 is 14.2 Å². The summed E-state index contributed by atoms with van der Waals surface area (Å²) in [5.41, 5.74) is 0.472. The number of nitrogens with zero attached hydrogens (tertiary/aromatic N) is 1. The van der Waals surface area contributed by atoms with Gasteiger partial charge in [-0.2, -0.15) is 0 Å². The molecule has 0 saturated carbocycles. The molecule has 0 amide bonds. The van der Waals surface area contributed by atoms with Crippen molar-refractivity contribution in [1.82, 2.24) is 4.98 Å². The minimum absolute atomic E-state index is 0.472. The third-order valence-electron chi connectivity index (χ3n) is 1.76. The molecular formula is C8H12NO3PS. The second kappa shape index (κ2) is 4.96. The van der Waals surface area contributed by atoms with E-state index >= 15 is 0 Å². The van der Waals surface area contributed by atoms with E-state index in [1.54, 1.807) is 24.4 Å². The Hall–Kier alpha value is -0.320.